The Balaban J connectivity index is 1.64. The average molecular weight is 353 g/mol. The van der Waals surface area contributed by atoms with Gasteiger partial charge in [0, 0.05) is 37.9 Å². The molecular weight excluding hydrogens is 330 g/mol. The van der Waals surface area contributed by atoms with Gasteiger partial charge in [-0.15, -0.1) is 0 Å². The molecule has 1 aromatic carbocycles. The maximum absolute atomic E-state index is 12.8. The number of rotatable bonds is 4. The summed E-state index contributed by atoms with van der Waals surface area (Å²) >= 11 is 0. The van der Waals surface area contributed by atoms with Crippen LogP contribution < -0.4 is 4.74 Å². The molecule has 0 atom stereocenters. The molecule has 2 amide bonds. The molecule has 2 aromatic rings. The van der Waals surface area contributed by atoms with E-state index >= 15 is 0 Å². The van der Waals surface area contributed by atoms with E-state index in [-0.39, 0.29) is 11.8 Å². The summed E-state index contributed by atoms with van der Waals surface area (Å²) in [6, 6.07) is 10.8. The molecule has 0 bridgehead atoms. The van der Waals surface area contributed by atoms with E-state index < -0.39 is 0 Å². The summed E-state index contributed by atoms with van der Waals surface area (Å²) in [4.78, 5) is 32.9. The minimum Gasteiger partial charge on any atom is -0.496 e. The molecule has 1 aliphatic heterocycles. The number of carbonyl (C=O) groups excluding carboxylic acids is 2. The summed E-state index contributed by atoms with van der Waals surface area (Å²) in [6.07, 6.45) is 2.42. The normalized spacial score (nSPS) is 14.2. The summed E-state index contributed by atoms with van der Waals surface area (Å²) in [6.45, 7) is 4.10. The molecule has 1 saturated heterocycles. The Hall–Kier alpha value is -2.89. The van der Waals surface area contributed by atoms with Crippen molar-refractivity contribution in [3.63, 3.8) is 0 Å². The number of piperazine rings is 1. The van der Waals surface area contributed by atoms with Gasteiger partial charge in [0.2, 0.25) is 0 Å². The highest BCUT2D eigenvalue weighted by atomic mass is 16.5. The third-order valence-corrected chi connectivity index (χ3v) is 4.65. The fourth-order valence-electron chi connectivity index (χ4n) is 3.13. The third-order valence-electron chi connectivity index (χ3n) is 4.65. The molecule has 6 nitrogen and oxygen atoms in total. The second-order valence-electron chi connectivity index (χ2n) is 6.18. The molecule has 0 saturated carbocycles. The molecule has 0 N–H and O–H groups in total. The van der Waals surface area contributed by atoms with Crippen molar-refractivity contribution in [3.8, 4) is 5.75 Å². The number of nitrogens with zero attached hydrogens (tertiary/aromatic N) is 3. The van der Waals surface area contributed by atoms with Gasteiger partial charge >= 0.3 is 0 Å². The second kappa shape index (κ2) is 7.99. The smallest absolute Gasteiger partial charge is 0.272 e. The summed E-state index contributed by atoms with van der Waals surface area (Å²) < 4.78 is 5.32. The van der Waals surface area contributed by atoms with Crippen LogP contribution in [-0.4, -0.2) is 59.9 Å². The Morgan fingerprint density at radius 2 is 1.73 bits per heavy atom. The van der Waals surface area contributed by atoms with Gasteiger partial charge in [-0.2, -0.15) is 0 Å². The van der Waals surface area contributed by atoms with Gasteiger partial charge in [0.25, 0.3) is 11.8 Å². The van der Waals surface area contributed by atoms with Crippen molar-refractivity contribution in [3.05, 3.63) is 59.4 Å². The summed E-state index contributed by atoms with van der Waals surface area (Å²) in [5.74, 6) is 0.706. The number of pyridine rings is 1. The van der Waals surface area contributed by atoms with Crippen LogP contribution in [0, 0.1) is 0 Å². The molecule has 3 rings (SSSR count). The van der Waals surface area contributed by atoms with Crippen molar-refractivity contribution in [2.75, 3.05) is 33.3 Å². The van der Waals surface area contributed by atoms with Gasteiger partial charge < -0.3 is 14.5 Å². The second-order valence-corrected chi connectivity index (χ2v) is 6.18. The lowest BCUT2D eigenvalue weighted by Crippen LogP contribution is -2.50. The van der Waals surface area contributed by atoms with E-state index in [1.807, 2.05) is 19.1 Å². The Bertz CT molecular complexity index is 784. The molecule has 0 unspecified atom stereocenters. The van der Waals surface area contributed by atoms with Crippen LogP contribution in [0.1, 0.15) is 33.3 Å². The lowest BCUT2D eigenvalue weighted by Gasteiger charge is -2.34. The zero-order valence-electron chi connectivity index (χ0n) is 15.1. The molecule has 1 aliphatic rings. The fraction of sp³-hybridized carbons (Fsp3) is 0.350. The van der Waals surface area contributed by atoms with Gasteiger partial charge in [-0.05, 0) is 42.3 Å². The van der Waals surface area contributed by atoms with Crippen LogP contribution >= 0.6 is 0 Å². The SMILES string of the molecule is CCc1cc(C(=O)N2CCN(C(=O)c3ccccn3)CC2)ccc1OC. The monoisotopic (exact) mass is 353 g/mol. The summed E-state index contributed by atoms with van der Waals surface area (Å²) in [5, 5.41) is 0. The van der Waals surface area contributed by atoms with E-state index in [1.54, 1.807) is 47.4 Å². The van der Waals surface area contributed by atoms with Crippen molar-refractivity contribution in [2.24, 2.45) is 0 Å². The Kier molecular flexibility index (Phi) is 5.51. The molecule has 136 valence electrons. The Morgan fingerprint density at radius 1 is 1.04 bits per heavy atom. The standard InChI is InChI=1S/C20H23N3O3/c1-3-15-14-16(7-8-18(15)26-2)19(24)22-10-12-23(13-11-22)20(25)17-6-4-5-9-21-17/h4-9,14H,3,10-13H2,1-2H3. The Morgan fingerprint density at radius 3 is 2.31 bits per heavy atom. The van der Waals surface area contributed by atoms with Crippen molar-refractivity contribution in [1.82, 2.24) is 14.8 Å². The van der Waals surface area contributed by atoms with Gasteiger partial charge in [0.05, 0.1) is 7.11 Å². The van der Waals surface area contributed by atoms with Crippen LogP contribution in [0.2, 0.25) is 0 Å². The predicted octanol–water partition coefficient (Wildman–Crippen LogP) is 2.25. The zero-order valence-corrected chi connectivity index (χ0v) is 15.1. The molecular formula is C20H23N3O3. The third kappa shape index (κ3) is 3.69. The molecule has 0 radical (unpaired) electrons. The topological polar surface area (TPSA) is 62.7 Å². The van der Waals surface area contributed by atoms with Crippen molar-refractivity contribution >= 4 is 11.8 Å². The number of ether oxygens (including phenoxy) is 1. The largest absolute Gasteiger partial charge is 0.496 e. The molecule has 0 aliphatic carbocycles. The average Bonchev–Trinajstić information content (AvgIpc) is 2.73. The summed E-state index contributed by atoms with van der Waals surface area (Å²) in [7, 11) is 1.63. The first kappa shape index (κ1) is 17.9. The number of carbonyl (C=O) groups is 2. The zero-order chi connectivity index (χ0) is 18.5. The molecule has 1 aromatic heterocycles. The lowest BCUT2D eigenvalue weighted by atomic mass is 10.1. The van der Waals surface area contributed by atoms with Gasteiger partial charge in [-0.3, -0.25) is 14.6 Å². The highest BCUT2D eigenvalue weighted by Gasteiger charge is 2.26. The fourth-order valence-corrected chi connectivity index (χ4v) is 3.13. The predicted molar refractivity (Wildman–Crippen MR) is 98.4 cm³/mol. The first-order valence-corrected chi connectivity index (χ1v) is 8.80. The number of aromatic nitrogens is 1. The summed E-state index contributed by atoms with van der Waals surface area (Å²) in [5.41, 5.74) is 2.12. The van der Waals surface area contributed by atoms with E-state index in [9.17, 15) is 9.59 Å². The number of benzene rings is 1. The van der Waals surface area contributed by atoms with E-state index in [1.165, 1.54) is 0 Å². The van der Waals surface area contributed by atoms with Gasteiger partial charge in [-0.1, -0.05) is 13.0 Å². The molecule has 26 heavy (non-hydrogen) atoms. The highest BCUT2D eigenvalue weighted by Crippen LogP contribution is 2.21. The van der Waals surface area contributed by atoms with Crippen molar-refractivity contribution in [1.29, 1.82) is 0 Å². The van der Waals surface area contributed by atoms with Crippen molar-refractivity contribution in [2.45, 2.75) is 13.3 Å². The number of aryl methyl sites for hydroxylation is 1. The van der Waals surface area contributed by atoms with E-state index in [4.69, 9.17) is 4.74 Å². The lowest BCUT2D eigenvalue weighted by molar-refractivity contribution is 0.0532. The first-order valence-electron chi connectivity index (χ1n) is 8.80. The first-order chi connectivity index (χ1) is 12.6. The maximum atomic E-state index is 12.8. The Labute approximate surface area is 153 Å². The van der Waals surface area contributed by atoms with Crippen molar-refractivity contribution < 1.29 is 14.3 Å². The highest BCUT2D eigenvalue weighted by molar-refractivity contribution is 5.95. The van der Waals surface area contributed by atoms with Crippen LogP contribution in [0.4, 0.5) is 0 Å². The molecule has 2 heterocycles. The van der Waals surface area contributed by atoms with Crippen LogP contribution in [0.15, 0.2) is 42.6 Å². The van der Waals surface area contributed by atoms with E-state index in [2.05, 4.69) is 4.98 Å². The molecule has 6 heteroatoms. The van der Waals surface area contributed by atoms with Gasteiger partial charge in [0.15, 0.2) is 0 Å². The maximum Gasteiger partial charge on any atom is 0.272 e. The minimum absolute atomic E-state index is 0.00714. The minimum atomic E-state index is -0.0876. The van der Waals surface area contributed by atoms with Gasteiger partial charge in [-0.25, -0.2) is 0 Å². The molecule has 0 spiro atoms. The number of hydrogen-bond acceptors (Lipinski definition) is 4. The van der Waals surface area contributed by atoms with Crippen LogP contribution in [-0.2, 0) is 6.42 Å². The quantitative estimate of drug-likeness (QED) is 0.846. The van der Waals surface area contributed by atoms with E-state index in [0.29, 0.717) is 37.4 Å². The molecule has 1 fully saturated rings. The van der Waals surface area contributed by atoms with Gasteiger partial charge in [0.1, 0.15) is 11.4 Å². The van der Waals surface area contributed by atoms with Crippen LogP contribution in [0.5, 0.6) is 5.75 Å². The van der Waals surface area contributed by atoms with E-state index in [0.717, 1.165) is 17.7 Å². The number of amides is 2. The van der Waals surface area contributed by atoms with Crippen LogP contribution in [0.3, 0.4) is 0 Å². The van der Waals surface area contributed by atoms with Crippen LogP contribution in [0.25, 0.3) is 0 Å². The number of methoxy groups -OCH3 is 1. The number of hydrogen-bond donors (Lipinski definition) is 0.